The van der Waals surface area contributed by atoms with Crippen LogP contribution in [0.4, 0.5) is 5.82 Å². The largest absolute Gasteiger partial charge is 0.410 e. The minimum atomic E-state index is -0.622. The zero-order chi connectivity index (χ0) is 5.98. The van der Waals surface area contributed by atoms with Gasteiger partial charge in [-0.05, 0) is 4.92 Å². The number of H-pyrrole nitrogens is 1. The van der Waals surface area contributed by atoms with Crippen LogP contribution in [0, 0.1) is 10.1 Å². The normalized spacial score (nSPS) is 8.00. The first-order valence-electron chi connectivity index (χ1n) is 1.81. The van der Waals surface area contributed by atoms with Crippen molar-refractivity contribution in [1.82, 2.24) is 15.4 Å². The molecule has 0 aliphatic rings. The van der Waals surface area contributed by atoms with Crippen molar-refractivity contribution >= 4 is 35.4 Å². The molecule has 0 amide bonds. The van der Waals surface area contributed by atoms with Gasteiger partial charge in [-0.2, -0.15) is 0 Å². The fourth-order valence-electron chi connectivity index (χ4n) is 0.284. The first-order chi connectivity index (χ1) is 3.80. The molecule has 1 N–H and O–H groups in total. The smallest absolute Gasteiger partial charge is 0.358 e. The zero-order valence-electron chi connectivity index (χ0n) is 4.74. The molecule has 0 aliphatic heterocycles. The van der Waals surface area contributed by atoms with Gasteiger partial charge in [0.05, 0.1) is 5.10 Å². The van der Waals surface area contributed by atoms with Gasteiger partial charge >= 0.3 is 5.82 Å². The molecule has 0 spiro atoms. The monoisotopic (exact) mass is 137 g/mol. The zero-order valence-corrected chi connectivity index (χ0v) is 6.74. The van der Waals surface area contributed by atoms with E-state index in [2.05, 4.69) is 15.4 Å². The van der Waals surface area contributed by atoms with Crippen molar-refractivity contribution in [3.63, 3.8) is 0 Å². The van der Waals surface area contributed by atoms with Gasteiger partial charge in [0, 0.05) is 29.6 Å². The number of nitrogens with zero attached hydrogens (tertiary/aromatic N) is 3. The maximum Gasteiger partial charge on any atom is 0.410 e. The predicted octanol–water partition coefficient (Wildman–Crippen LogP) is -0.668. The molecule has 1 radical (unpaired) electrons. The Labute approximate surface area is 72.1 Å². The van der Waals surface area contributed by atoms with E-state index in [1.807, 2.05) is 0 Å². The van der Waals surface area contributed by atoms with Gasteiger partial charge in [0.25, 0.3) is 0 Å². The quantitative estimate of drug-likeness (QED) is 0.316. The van der Waals surface area contributed by atoms with Gasteiger partial charge in [0.1, 0.15) is 0 Å². The molecule has 0 atom stereocenters. The molecule has 7 heteroatoms. The van der Waals surface area contributed by atoms with Crippen LogP contribution in [0.25, 0.3) is 0 Å². The summed E-state index contributed by atoms with van der Waals surface area (Å²) < 4.78 is 0. The summed E-state index contributed by atoms with van der Waals surface area (Å²) in [5.41, 5.74) is 0. The maximum absolute atomic E-state index is 9.75. The summed E-state index contributed by atoms with van der Waals surface area (Å²) in [7, 11) is 0. The number of rotatable bonds is 1. The molecule has 9 heavy (non-hydrogen) atoms. The Kier molecular flexibility index (Phi) is 3.36. The minimum Gasteiger partial charge on any atom is -0.358 e. The van der Waals surface area contributed by atoms with Crippen LogP contribution >= 0.6 is 0 Å². The number of nitrogens with one attached hydrogen (secondary N) is 1. The Morgan fingerprint density at radius 3 is 2.67 bits per heavy atom. The van der Waals surface area contributed by atoms with Crippen LogP contribution in [0.2, 0.25) is 0 Å². The van der Waals surface area contributed by atoms with E-state index in [1.165, 1.54) is 0 Å². The SMILES string of the molecule is O=[N+]([O-])c1cn[nH]n1.[Na]. The van der Waals surface area contributed by atoms with Crippen molar-refractivity contribution < 1.29 is 4.92 Å². The van der Waals surface area contributed by atoms with Crippen LogP contribution in [0.5, 0.6) is 0 Å². The number of aromatic amines is 1. The van der Waals surface area contributed by atoms with E-state index in [0.717, 1.165) is 6.20 Å². The van der Waals surface area contributed by atoms with Crippen LogP contribution in [0.3, 0.4) is 0 Å². The average Bonchev–Trinajstić information content (AvgIpc) is 2.12. The molecule has 6 nitrogen and oxygen atoms in total. The van der Waals surface area contributed by atoms with Crippen LogP contribution < -0.4 is 0 Å². The van der Waals surface area contributed by atoms with Gasteiger partial charge in [0.15, 0.2) is 6.20 Å². The molecule has 0 saturated carbocycles. The third-order valence-corrected chi connectivity index (χ3v) is 0.589. The van der Waals surface area contributed by atoms with Crippen molar-refractivity contribution in [3.05, 3.63) is 16.3 Å². The standard InChI is InChI=1S/C2H2N4O2.Na/c7-6(8)2-1-3-5-4-2;/h1H,(H,3,4,5);. The number of hydrogen-bond donors (Lipinski definition) is 1. The molecule has 0 fully saturated rings. The van der Waals surface area contributed by atoms with Crippen molar-refractivity contribution in [3.8, 4) is 0 Å². The average molecular weight is 137 g/mol. The summed E-state index contributed by atoms with van der Waals surface area (Å²) in [6, 6.07) is 0. The summed E-state index contributed by atoms with van der Waals surface area (Å²) in [5, 5.41) is 18.3. The van der Waals surface area contributed by atoms with E-state index in [0.29, 0.717) is 0 Å². The van der Waals surface area contributed by atoms with Crippen LogP contribution in [-0.4, -0.2) is 49.9 Å². The van der Waals surface area contributed by atoms with Crippen LogP contribution in [0.1, 0.15) is 0 Å². The molecule has 0 bridgehead atoms. The van der Waals surface area contributed by atoms with Gasteiger partial charge < -0.3 is 10.1 Å². The van der Waals surface area contributed by atoms with E-state index in [1.54, 1.807) is 0 Å². The van der Waals surface area contributed by atoms with Gasteiger partial charge in [0.2, 0.25) is 0 Å². The number of nitro groups is 1. The van der Waals surface area contributed by atoms with Gasteiger partial charge in [-0.3, -0.25) is 0 Å². The van der Waals surface area contributed by atoms with E-state index in [-0.39, 0.29) is 35.4 Å². The summed E-state index contributed by atoms with van der Waals surface area (Å²) >= 11 is 0. The molecule has 0 saturated heterocycles. The Morgan fingerprint density at radius 1 is 1.78 bits per heavy atom. The molecule has 0 unspecified atom stereocenters. The predicted molar refractivity (Wildman–Crippen MR) is 28.8 cm³/mol. The first-order valence-corrected chi connectivity index (χ1v) is 1.81. The minimum absolute atomic E-state index is 0. The van der Waals surface area contributed by atoms with Gasteiger partial charge in [-0.25, -0.2) is 0 Å². The van der Waals surface area contributed by atoms with Crippen LogP contribution in [0.15, 0.2) is 6.20 Å². The van der Waals surface area contributed by atoms with Crippen molar-refractivity contribution in [2.45, 2.75) is 0 Å². The number of aromatic nitrogens is 3. The second kappa shape index (κ2) is 3.54. The second-order valence-electron chi connectivity index (χ2n) is 1.09. The molecule has 1 rings (SSSR count). The Bertz CT molecular complexity index is 184. The molecular weight excluding hydrogens is 135 g/mol. The van der Waals surface area contributed by atoms with Crippen LogP contribution in [-0.2, 0) is 0 Å². The summed E-state index contributed by atoms with van der Waals surface area (Å²) in [4.78, 5) is 9.12. The molecule has 0 aliphatic carbocycles. The third-order valence-electron chi connectivity index (χ3n) is 0.589. The fourth-order valence-corrected chi connectivity index (χ4v) is 0.284. The van der Waals surface area contributed by atoms with Gasteiger partial charge in [-0.15, -0.1) is 10.3 Å². The first kappa shape index (κ1) is 8.54. The second-order valence-corrected chi connectivity index (χ2v) is 1.09. The Morgan fingerprint density at radius 2 is 2.44 bits per heavy atom. The third kappa shape index (κ3) is 2.08. The van der Waals surface area contributed by atoms with E-state index in [9.17, 15) is 10.1 Å². The van der Waals surface area contributed by atoms with Crippen molar-refractivity contribution in [2.24, 2.45) is 0 Å². The topological polar surface area (TPSA) is 84.7 Å². The Balaban J connectivity index is 0.000000640. The Hall–Kier alpha value is -0.460. The number of hydrogen-bond acceptors (Lipinski definition) is 4. The van der Waals surface area contributed by atoms with Gasteiger partial charge in [-0.1, -0.05) is 0 Å². The van der Waals surface area contributed by atoms with E-state index < -0.39 is 4.92 Å². The summed E-state index contributed by atoms with van der Waals surface area (Å²) in [6.07, 6.45) is 1.04. The van der Waals surface area contributed by atoms with Crippen molar-refractivity contribution in [2.75, 3.05) is 0 Å². The van der Waals surface area contributed by atoms with Crippen molar-refractivity contribution in [1.29, 1.82) is 0 Å². The van der Waals surface area contributed by atoms with E-state index >= 15 is 0 Å². The summed E-state index contributed by atoms with van der Waals surface area (Å²) in [5.74, 6) is -0.259. The summed E-state index contributed by atoms with van der Waals surface area (Å²) in [6.45, 7) is 0. The maximum atomic E-state index is 9.75. The molecule has 1 aromatic rings. The fraction of sp³-hybridized carbons (Fsp3) is 0. The molecule has 43 valence electrons. The molecule has 0 aromatic carbocycles. The molecule has 1 aromatic heterocycles. The van der Waals surface area contributed by atoms with E-state index in [4.69, 9.17) is 0 Å². The molecular formula is C2H2N4NaO2. The molecule has 1 heterocycles.